The van der Waals surface area contributed by atoms with Gasteiger partial charge in [-0.3, -0.25) is 0 Å². The van der Waals surface area contributed by atoms with Crippen molar-refractivity contribution < 1.29 is 37.3 Å². The van der Waals surface area contributed by atoms with Crippen LogP contribution in [0.25, 0.3) is 0 Å². The van der Waals surface area contributed by atoms with Crippen LogP contribution in [0.3, 0.4) is 0 Å². The number of hydrogen-bond donors (Lipinski definition) is 2. The lowest BCUT2D eigenvalue weighted by atomic mass is 10.1. The van der Waals surface area contributed by atoms with Crippen molar-refractivity contribution in [2.75, 3.05) is 7.11 Å². The first kappa shape index (κ1) is 17.5. The van der Waals surface area contributed by atoms with Crippen molar-refractivity contribution in [1.29, 1.82) is 0 Å². The Hall–Kier alpha value is -1.51. The molecule has 19 heavy (non-hydrogen) atoms. The van der Waals surface area contributed by atoms with E-state index in [1.165, 1.54) is 26.1 Å². The third kappa shape index (κ3) is 6.27. The van der Waals surface area contributed by atoms with E-state index in [1.807, 2.05) is 0 Å². The SMILES string of the molecule is COC(=O)[C@H](O)[C@@H](NC(=O)OC(C)(C)C)C(F)(F)F. The van der Waals surface area contributed by atoms with Gasteiger partial charge in [-0.05, 0) is 20.8 Å². The van der Waals surface area contributed by atoms with Crippen LogP contribution in [0.2, 0.25) is 0 Å². The number of carbonyl (C=O) groups is 2. The number of hydrogen-bond acceptors (Lipinski definition) is 5. The lowest BCUT2D eigenvalue weighted by molar-refractivity contribution is -0.190. The highest BCUT2D eigenvalue weighted by atomic mass is 19.4. The van der Waals surface area contributed by atoms with Crippen molar-refractivity contribution in [2.24, 2.45) is 0 Å². The number of methoxy groups -OCH3 is 1. The quantitative estimate of drug-likeness (QED) is 0.756. The molecule has 0 unspecified atom stereocenters. The van der Waals surface area contributed by atoms with Crippen LogP contribution in [0.1, 0.15) is 20.8 Å². The lowest BCUT2D eigenvalue weighted by Gasteiger charge is -2.26. The van der Waals surface area contributed by atoms with Gasteiger partial charge in [-0.2, -0.15) is 13.2 Å². The van der Waals surface area contributed by atoms with Crippen molar-refractivity contribution in [1.82, 2.24) is 5.32 Å². The monoisotopic (exact) mass is 287 g/mol. The van der Waals surface area contributed by atoms with Crippen LogP contribution in [0, 0.1) is 0 Å². The van der Waals surface area contributed by atoms with Gasteiger partial charge in [0.25, 0.3) is 0 Å². The third-order valence-electron chi connectivity index (χ3n) is 1.78. The molecule has 0 spiro atoms. The summed E-state index contributed by atoms with van der Waals surface area (Å²) in [4.78, 5) is 22.1. The minimum absolute atomic E-state index is 0.812. The first-order valence-electron chi connectivity index (χ1n) is 5.20. The van der Waals surface area contributed by atoms with E-state index in [0.717, 1.165) is 7.11 Å². The second-order valence-corrected chi connectivity index (χ2v) is 4.63. The van der Waals surface area contributed by atoms with Gasteiger partial charge in [-0.1, -0.05) is 0 Å². The molecule has 0 aliphatic heterocycles. The molecule has 0 bridgehead atoms. The molecular formula is C10H16F3NO5. The normalized spacial score (nSPS) is 15.4. The van der Waals surface area contributed by atoms with E-state index >= 15 is 0 Å². The number of halogens is 3. The average Bonchev–Trinajstić information content (AvgIpc) is 2.19. The summed E-state index contributed by atoms with van der Waals surface area (Å²) in [7, 11) is 0.812. The Morgan fingerprint density at radius 3 is 2.00 bits per heavy atom. The lowest BCUT2D eigenvalue weighted by Crippen LogP contribution is -2.56. The first-order valence-corrected chi connectivity index (χ1v) is 5.20. The molecular weight excluding hydrogens is 271 g/mol. The Labute approximate surface area is 107 Å². The van der Waals surface area contributed by atoms with E-state index < -0.39 is 36.0 Å². The number of aliphatic hydroxyl groups excluding tert-OH is 1. The molecule has 0 heterocycles. The summed E-state index contributed by atoms with van der Waals surface area (Å²) in [5.74, 6) is -1.52. The number of alkyl carbamates (subject to hydrolysis) is 1. The summed E-state index contributed by atoms with van der Waals surface area (Å²) < 4.78 is 46.5. The van der Waals surface area contributed by atoms with Gasteiger partial charge in [0.15, 0.2) is 12.1 Å². The number of ether oxygens (including phenoxy) is 2. The average molecular weight is 287 g/mol. The van der Waals surface area contributed by atoms with Crippen LogP contribution in [0.15, 0.2) is 0 Å². The van der Waals surface area contributed by atoms with Gasteiger partial charge in [-0.15, -0.1) is 0 Å². The molecule has 9 heteroatoms. The highest BCUT2D eigenvalue weighted by Gasteiger charge is 2.49. The zero-order valence-corrected chi connectivity index (χ0v) is 10.9. The number of esters is 1. The minimum Gasteiger partial charge on any atom is -0.467 e. The molecule has 0 aliphatic carbocycles. The topological polar surface area (TPSA) is 84.9 Å². The van der Waals surface area contributed by atoms with Crippen molar-refractivity contribution in [3.05, 3.63) is 0 Å². The van der Waals surface area contributed by atoms with Gasteiger partial charge in [0, 0.05) is 0 Å². The maximum absolute atomic E-state index is 12.6. The summed E-state index contributed by atoms with van der Waals surface area (Å²) in [6.45, 7) is 4.35. The molecule has 0 rings (SSSR count). The smallest absolute Gasteiger partial charge is 0.411 e. The van der Waals surface area contributed by atoms with Crippen molar-refractivity contribution >= 4 is 12.1 Å². The minimum atomic E-state index is -5.04. The molecule has 2 N–H and O–H groups in total. The zero-order valence-electron chi connectivity index (χ0n) is 10.9. The Bertz CT molecular complexity index is 337. The molecule has 0 aromatic carbocycles. The largest absolute Gasteiger partial charge is 0.467 e. The number of alkyl halides is 3. The third-order valence-corrected chi connectivity index (χ3v) is 1.78. The van der Waals surface area contributed by atoms with Gasteiger partial charge in [-0.25, -0.2) is 9.59 Å². The fraction of sp³-hybridized carbons (Fsp3) is 0.800. The summed E-state index contributed by atoms with van der Waals surface area (Å²) in [5.41, 5.74) is -1.02. The van der Waals surface area contributed by atoms with Crippen LogP contribution in [-0.4, -0.2) is 48.2 Å². The highest BCUT2D eigenvalue weighted by Crippen LogP contribution is 2.23. The van der Waals surface area contributed by atoms with Crippen molar-refractivity contribution in [3.63, 3.8) is 0 Å². The molecule has 0 saturated carbocycles. The van der Waals surface area contributed by atoms with Crippen LogP contribution >= 0.6 is 0 Å². The fourth-order valence-corrected chi connectivity index (χ4v) is 1.03. The van der Waals surface area contributed by atoms with Gasteiger partial charge in [0.2, 0.25) is 0 Å². The van der Waals surface area contributed by atoms with Gasteiger partial charge < -0.3 is 19.9 Å². The Balaban J connectivity index is 4.90. The molecule has 0 aromatic heterocycles. The van der Waals surface area contributed by atoms with E-state index in [9.17, 15) is 27.9 Å². The van der Waals surface area contributed by atoms with Crippen LogP contribution in [-0.2, 0) is 14.3 Å². The second-order valence-electron chi connectivity index (χ2n) is 4.63. The molecule has 0 fully saturated rings. The van der Waals surface area contributed by atoms with Gasteiger partial charge in [0.05, 0.1) is 7.11 Å². The van der Waals surface area contributed by atoms with E-state index in [4.69, 9.17) is 0 Å². The molecule has 2 atom stereocenters. The predicted molar refractivity (Wildman–Crippen MR) is 57.2 cm³/mol. The second kappa shape index (κ2) is 6.09. The van der Waals surface area contributed by atoms with E-state index in [2.05, 4.69) is 9.47 Å². The van der Waals surface area contributed by atoms with Crippen LogP contribution in [0.4, 0.5) is 18.0 Å². The van der Waals surface area contributed by atoms with E-state index in [1.54, 1.807) is 0 Å². The number of rotatable bonds is 3. The predicted octanol–water partition coefficient (Wildman–Crippen LogP) is 0.976. The molecule has 0 aromatic rings. The molecule has 6 nitrogen and oxygen atoms in total. The number of amides is 1. The zero-order chi connectivity index (χ0) is 15.4. The molecule has 0 saturated heterocycles. The number of nitrogens with one attached hydrogen (secondary N) is 1. The van der Waals surface area contributed by atoms with E-state index in [0.29, 0.717) is 0 Å². The summed E-state index contributed by atoms with van der Waals surface area (Å²) in [6, 6.07) is -2.81. The summed E-state index contributed by atoms with van der Waals surface area (Å²) in [5, 5.41) is 10.6. The van der Waals surface area contributed by atoms with E-state index in [-0.39, 0.29) is 0 Å². The van der Waals surface area contributed by atoms with Crippen molar-refractivity contribution in [2.45, 2.75) is 44.7 Å². The Morgan fingerprint density at radius 1 is 1.21 bits per heavy atom. The fourth-order valence-electron chi connectivity index (χ4n) is 1.03. The maximum Gasteiger partial charge on any atom is 0.411 e. The molecule has 0 aliphatic rings. The number of aliphatic hydroxyl groups is 1. The van der Waals surface area contributed by atoms with Crippen molar-refractivity contribution in [3.8, 4) is 0 Å². The van der Waals surface area contributed by atoms with Crippen LogP contribution in [0.5, 0.6) is 0 Å². The summed E-state index contributed by atoms with van der Waals surface area (Å²) >= 11 is 0. The Morgan fingerprint density at radius 2 is 1.68 bits per heavy atom. The maximum atomic E-state index is 12.6. The first-order chi connectivity index (χ1) is 8.38. The van der Waals surface area contributed by atoms with Gasteiger partial charge in [0.1, 0.15) is 5.60 Å². The molecule has 1 amide bonds. The van der Waals surface area contributed by atoms with Gasteiger partial charge >= 0.3 is 18.2 Å². The standard InChI is InChI=1S/C10H16F3NO5/c1-9(2,3)19-8(17)14-6(10(11,12)13)5(15)7(16)18-4/h5-6,15H,1-4H3,(H,14,17)/t5-,6-/m1/s1. The molecule has 112 valence electrons. The highest BCUT2D eigenvalue weighted by molar-refractivity contribution is 5.77. The van der Waals surface area contributed by atoms with Crippen LogP contribution < -0.4 is 5.32 Å². The number of carbonyl (C=O) groups excluding carboxylic acids is 2. The summed E-state index contributed by atoms with van der Waals surface area (Å²) in [6.07, 6.45) is -9.01. The molecule has 0 radical (unpaired) electrons. The Kier molecular flexibility index (Phi) is 5.61.